The van der Waals surface area contributed by atoms with Gasteiger partial charge in [-0.2, -0.15) is 4.99 Å². The molecule has 10 atom stereocenters. The number of imidazole rings is 1. The predicted molar refractivity (Wildman–Crippen MR) is 149 cm³/mol. The van der Waals surface area contributed by atoms with Crippen LogP contribution in [0.4, 0.5) is 11.6 Å². The number of aromatic nitrogens is 5. The van der Waals surface area contributed by atoms with Gasteiger partial charge in [0.2, 0.25) is 0 Å². The first-order valence-electron chi connectivity index (χ1n) is 13.2. The highest BCUT2D eigenvalue weighted by Gasteiger charge is 2.54. The lowest BCUT2D eigenvalue weighted by atomic mass is 10.1. The Morgan fingerprint density at radius 1 is 0.933 bits per heavy atom. The van der Waals surface area contributed by atoms with Crippen molar-refractivity contribution in [2.24, 2.45) is 10.7 Å². The fourth-order valence-electron chi connectivity index (χ4n) is 5.53. The molecule has 3 fully saturated rings. The molecule has 4 aliphatic heterocycles. The van der Waals surface area contributed by atoms with E-state index >= 15 is 0 Å². The Kier molecular flexibility index (Phi) is 7.36. The molecule has 0 saturated carbocycles. The SMILES string of the molecule is C=C1NC(N)=Nc2c1ncn2[C@@H]1O[C@@H]2COP(=O)(O)OC3C(O)[C@H](n4ccc5c(N)ncnc54)O[C@@H]3COP(=O)(O)OC1C2O. The van der Waals surface area contributed by atoms with Gasteiger partial charge in [0.15, 0.2) is 24.2 Å². The standard InChI is InChI=1S/C22H27N9O12P2/c1-8-12-19(29-22(24)28-8)31(7-27-12)21-16-13(32)10(40-21)4-38-44(34,35)42-15-11(5-39-45(36,37)43-16)41-20(14(15)33)30-3-2-9-17(23)25-6-26-18(9)30/h2-3,6-7,10-11,13-16,20-21,32-33H,1,4-5H2,(H,34,35)(H,36,37)(H2,23,25,26)(H3,24,28,29)/t10-,11-,13?,14?,15?,16?,20-,21-/m1/s1. The van der Waals surface area contributed by atoms with E-state index in [0.29, 0.717) is 11.1 Å². The number of aliphatic imine (C=N–C) groups is 1. The third-order valence-electron chi connectivity index (χ3n) is 7.58. The fourth-order valence-corrected chi connectivity index (χ4v) is 7.42. The predicted octanol–water partition coefficient (Wildman–Crippen LogP) is -1.04. The molecule has 3 aromatic heterocycles. The molecule has 6 unspecified atom stereocenters. The van der Waals surface area contributed by atoms with Gasteiger partial charge in [-0.3, -0.25) is 22.7 Å². The molecular weight excluding hydrogens is 644 g/mol. The molecular formula is C22H27N9O12P2. The van der Waals surface area contributed by atoms with Crippen molar-refractivity contribution in [3.05, 3.63) is 37.2 Å². The molecule has 3 saturated heterocycles. The molecule has 0 amide bonds. The number of phosphoric ester groups is 2. The summed E-state index contributed by atoms with van der Waals surface area (Å²) in [6.07, 6.45) is -8.13. The van der Waals surface area contributed by atoms with Crippen molar-refractivity contribution in [1.29, 1.82) is 0 Å². The number of nitrogens with two attached hydrogens (primary N) is 2. The Bertz CT molecular complexity index is 1800. The second-order valence-electron chi connectivity index (χ2n) is 10.4. The number of nitrogens with zero attached hydrogens (tertiary/aromatic N) is 6. The maximum Gasteiger partial charge on any atom is 0.472 e. The van der Waals surface area contributed by atoms with Crippen LogP contribution in [-0.4, -0.2) is 99.9 Å². The van der Waals surface area contributed by atoms with Crippen molar-refractivity contribution >= 4 is 50.0 Å². The van der Waals surface area contributed by atoms with E-state index in [9.17, 15) is 29.1 Å². The number of phosphoric acid groups is 2. The number of rotatable bonds is 2. The molecule has 7 rings (SSSR count). The minimum atomic E-state index is -5.05. The summed E-state index contributed by atoms with van der Waals surface area (Å²) in [5.41, 5.74) is 12.6. The molecule has 0 aliphatic carbocycles. The van der Waals surface area contributed by atoms with Crippen LogP contribution in [-0.2, 0) is 36.7 Å². The minimum absolute atomic E-state index is 0.0303. The summed E-state index contributed by atoms with van der Waals surface area (Å²) in [6.45, 7) is 2.27. The molecule has 4 aliphatic rings. The lowest BCUT2D eigenvalue weighted by molar-refractivity contribution is -0.0676. The number of anilines is 1. The summed E-state index contributed by atoms with van der Waals surface area (Å²) in [5, 5.41) is 25.4. The molecule has 242 valence electrons. The summed E-state index contributed by atoms with van der Waals surface area (Å²) >= 11 is 0. The smallest absolute Gasteiger partial charge is 0.387 e. The lowest BCUT2D eigenvalue weighted by Gasteiger charge is -2.26. The first kappa shape index (κ1) is 30.4. The van der Waals surface area contributed by atoms with Gasteiger partial charge in [0.1, 0.15) is 60.1 Å². The van der Waals surface area contributed by atoms with E-state index in [1.54, 1.807) is 6.07 Å². The van der Waals surface area contributed by atoms with Gasteiger partial charge in [0.05, 0.1) is 30.6 Å². The number of guanidine groups is 1. The number of ether oxygens (including phenoxy) is 2. The third-order valence-corrected chi connectivity index (χ3v) is 9.55. The average Bonchev–Trinajstić information content (AvgIpc) is 3.72. The van der Waals surface area contributed by atoms with Crippen LogP contribution in [0, 0.1) is 0 Å². The van der Waals surface area contributed by atoms with E-state index in [0.717, 1.165) is 0 Å². The molecule has 7 heterocycles. The normalized spacial score (nSPS) is 38.8. The third kappa shape index (κ3) is 5.35. The van der Waals surface area contributed by atoms with E-state index in [-0.39, 0.29) is 28.9 Å². The van der Waals surface area contributed by atoms with Crippen molar-refractivity contribution in [1.82, 2.24) is 29.4 Å². The summed E-state index contributed by atoms with van der Waals surface area (Å²) in [4.78, 5) is 37.8. The van der Waals surface area contributed by atoms with E-state index in [1.807, 2.05) is 0 Å². The van der Waals surface area contributed by atoms with Gasteiger partial charge >= 0.3 is 15.6 Å². The van der Waals surface area contributed by atoms with Gasteiger partial charge in [-0.1, -0.05) is 6.58 Å². The van der Waals surface area contributed by atoms with Crippen LogP contribution in [0.3, 0.4) is 0 Å². The quantitative estimate of drug-likeness (QED) is 0.160. The number of nitrogens with one attached hydrogen (secondary N) is 1. The largest absolute Gasteiger partial charge is 0.472 e. The molecule has 3 aromatic rings. The maximum atomic E-state index is 13.2. The van der Waals surface area contributed by atoms with Crippen LogP contribution in [0.2, 0.25) is 0 Å². The summed E-state index contributed by atoms with van der Waals surface area (Å²) in [7, 11) is -10.1. The second kappa shape index (κ2) is 10.9. The molecule has 0 radical (unpaired) electrons. The minimum Gasteiger partial charge on any atom is -0.387 e. The Morgan fingerprint density at radius 3 is 2.38 bits per heavy atom. The van der Waals surface area contributed by atoms with Crippen LogP contribution in [0.25, 0.3) is 16.7 Å². The number of aliphatic hydroxyl groups is 2. The topological polar surface area (TPSA) is 295 Å². The van der Waals surface area contributed by atoms with Crippen LogP contribution in [0.5, 0.6) is 0 Å². The van der Waals surface area contributed by atoms with Crippen molar-refractivity contribution < 1.29 is 56.7 Å². The first-order chi connectivity index (χ1) is 21.3. The van der Waals surface area contributed by atoms with Gasteiger partial charge < -0.3 is 50.8 Å². The van der Waals surface area contributed by atoms with E-state index in [1.165, 1.54) is 28.0 Å². The molecule has 0 aromatic carbocycles. The number of hydrogen-bond donors (Lipinski definition) is 7. The van der Waals surface area contributed by atoms with Gasteiger partial charge in [-0.15, -0.1) is 0 Å². The zero-order valence-electron chi connectivity index (χ0n) is 22.8. The zero-order valence-corrected chi connectivity index (χ0v) is 24.6. The van der Waals surface area contributed by atoms with Gasteiger partial charge in [0.25, 0.3) is 0 Å². The fraction of sp³-hybridized carbons (Fsp3) is 0.455. The van der Waals surface area contributed by atoms with Crippen LogP contribution < -0.4 is 16.8 Å². The Labute approximate surface area is 252 Å². The van der Waals surface area contributed by atoms with Crippen LogP contribution in [0.15, 0.2) is 36.5 Å². The van der Waals surface area contributed by atoms with Crippen molar-refractivity contribution in [2.45, 2.75) is 49.1 Å². The number of hydrogen-bond acceptors (Lipinski definition) is 17. The highest BCUT2D eigenvalue weighted by Crippen LogP contribution is 2.54. The summed E-state index contributed by atoms with van der Waals surface area (Å²) in [5.74, 6) is 0.254. The highest BCUT2D eigenvalue weighted by molar-refractivity contribution is 7.47. The Hall–Kier alpha value is -3.30. The zero-order chi connectivity index (χ0) is 31.8. The van der Waals surface area contributed by atoms with E-state index < -0.39 is 77.9 Å². The van der Waals surface area contributed by atoms with Crippen LogP contribution in [0.1, 0.15) is 18.1 Å². The molecule has 0 spiro atoms. The molecule has 2 bridgehead atoms. The second-order valence-corrected chi connectivity index (χ2v) is 13.2. The van der Waals surface area contributed by atoms with Crippen molar-refractivity contribution in [3.63, 3.8) is 0 Å². The summed E-state index contributed by atoms with van der Waals surface area (Å²) < 4.78 is 61.8. The van der Waals surface area contributed by atoms with Crippen molar-refractivity contribution in [3.8, 4) is 0 Å². The van der Waals surface area contributed by atoms with Crippen molar-refractivity contribution in [2.75, 3.05) is 18.9 Å². The van der Waals surface area contributed by atoms with E-state index in [2.05, 4.69) is 31.8 Å². The number of aliphatic hydroxyl groups excluding tert-OH is 2. The Morgan fingerprint density at radius 2 is 1.62 bits per heavy atom. The monoisotopic (exact) mass is 671 g/mol. The molecule has 23 heteroatoms. The maximum absolute atomic E-state index is 13.2. The molecule has 21 nitrogen and oxygen atoms in total. The first-order valence-corrected chi connectivity index (χ1v) is 16.2. The van der Waals surface area contributed by atoms with Gasteiger partial charge in [-0.05, 0) is 6.07 Å². The Balaban J connectivity index is 1.19. The lowest BCUT2D eigenvalue weighted by Crippen LogP contribution is -2.36. The number of fused-ring (bicyclic) bond motifs is 5. The molecule has 9 N–H and O–H groups in total. The highest BCUT2D eigenvalue weighted by atomic mass is 31.2. The number of nitrogen functional groups attached to an aromatic ring is 1. The van der Waals surface area contributed by atoms with Gasteiger partial charge in [-0.25, -0.2) is 24.1 Å². The molecule has 45 heavy (non-hydrogen) atoms. The average molecular weight is 671 g/mol. The summed E-state index contributed by atoms with van der Waals surface area (Å²) in [6, 6.07) is 1.57. The van der Waals surface area contributed by atoms with E-state index in [4.69, 9.17) is 39.0 Å². The van der Waals surface area contributed by atoms with Gasteiger partial charge in [0, 0.05) is 6.20 Å². The van der Waals surface area contributed by atoms with Crippen LogP contribution >= 0.6 is 15.6 Å².